The summed E-state index contributed by atoms with van der Waals surface area (Å²) in [5, 5.41) is 8.44. The SMILES string of the molecule is CCCNS(=O)(=O)Nc1ccc(OCC(=O)O)cc1. The molecule has 1 rings (SSSR count). The number of ether oxygens (including phenoxy) is 1. The van der Waals surface area contributed by atoms with Crippen LogP contribution in [0.5, 0.6) is 5.75 Å². The largest absolute Gasteiger partial charge is 0.482 e. The van der Waals surface area contributed by atoms with Gasteiger partial charge in [-0.05, 0) is 30.7 Å². The summed E-state index contributed by atoms with van der Waals surface area (Å²) in [6.07, 6.45) is 0.697. The van der Waals surface area contributed by atoms with Crippen LogP contribution >= 0.6 is 0 Å². The van der Waals surface area contributed by atoms with Gasteiger partial charge in [0.15, 0.2) is 6.61 Å². The van der Waals surface area contributed by atoms with Crippen LogP contribution in [0.1, 0.15) is 13.3 Å². The maximum Gasteiger partial charge on any atom is 0.341 e. The molecule has 0 unspecified atom stereocenters. The zero-order valence-electron chi connectivity index (χ0n) is 10.4. The van der Waals surface area contributed by atoms with Crippen molar-refractivity contribution in [2.45, 2.75) is 13.3 Å². The van der Waals surface area contributed by atoms with Crippen LogP contribution in [0.25, 0.3) is 0 Å². The maximum absolute atomic E-state index is 11.5. The van der Waals surface area contributed by atoms with Crippen LogP contribution in [0, 0.1) is 0 Å². The monoisotopic (exact) mass is 288 g/mol. The third-order valence-corrected chi connectivity index (χ3v) is 3.10. The number of benzene rings is 1. The number of nitrogens with one attached hydrogen (secondary N) is 2. The second kappa shape index (κ2) is 6.95. The maximum atomic E-state index is 11.5. The van der Waals surface area contributed by atoms with E-state index in [4.69, 9.17) is 9.84 Å². The Morgan fingerprint density at radius 1 is 1.32 bits per heavy atom. The lowest BCUT2D eigenvalue weighted by molar-refractivity contribution is -0.139. The summed E-state index contributed by atoms with van der Waals surface area (Å²) in [4.78, 5) is 10.3. The first kappa shape index (κ1) is 15.3. The normalized spacial score (nSPS) is 11.0. The molecule has 0 aliphatic heterocycles. The molecule has 0 aliphatic rings. The highest BCUT2D eigenvalue weighted by Gasteiger charge is 2.08. The molecule has 0 saturated heterocycles. The molecule has 7 nitrogen and oxygen atoms in total. The predicted octanol–water partition coefficient (Wildman–Crippen LogP) is 0.806. The van der Waals surface area contributed by atoms with E-state index >= 15 is 0 Å². The molecule has 0 aromatic heterocycles. The Labute approximate surface area is 111 Å². The minimum Gasteiger partial charge on any atom is -0.482 e. The van der Waals surface area contributed by atoms with Crippen LogP contribution in [0.2, 0.25) is 0 Å². The molecule has 19 heavy (non-hydrogen) atoms. The van der Waals surface area contributed by atoms with Gasteiger partial charge in [0.2, 0.25) is 0 Å². The fraction of sp³-hybridized carbons (Fsp3) is 0.364. The summed E-state index contributed by atoms with van der Waals surface area (Å²) < 4.78 is 32.7. The van der Waals surface area contributed by atoms with Crippen molar-refractivity contribution >= 4 is 21.9 Å². The summed E-state index contributed by atoms with van der Waals surface area (Å²) in [7, 11) is -3.57. The Bertz CT molecular complexity index is 512. The van der Waals surface area contributed by atoms with Crippen molar-refractivity contribution < 1.29 is 23.1 Å². The van der Waals surface area contributed by atoms with Gasteiger partial charge < -0.3 is 9.84 Å². The van der Waals surface area contributed by atoms with Crippen molar-refractivity contribution in [2.24, 2.45) is 0 Å². The number of carboxylic acid groups (broad SMARTS) is 1. The summed E-state index contributed by atoms with van der Waals surface area (Å²) in [6, 6.07) is 5.95. The molecule has 1 aromatic rings. The van der Waals surface area contributed by atoms with Crippen molar-refractivity contribution in [3.8, 4) is 5.75 Å². The van der Waals surface area contributed by atoms with Gasteiger partial charge in [-0.1, -0.05) is 6.92 Å². The number of carbonyl (C=O) groups is 1. The minimum atomic E-state index is -3.57. The smallest absolute Gasteiger partial charge is 0.341 e. The van der Waals surface area contributed by atoms with Gasteiger partial charge in [-0.15, -0.1) is 0 Å². The highest BCUT2D eigenvalue weighted by atomic mass is 32.2. The van der Waals surface area contributed by atoms with E-state index in [2.05, 4.69) is 9.44 Å². The summed E-state index contributed by atoms with van der Waals surface area (Å²) in [6.45, 7) is 1.77. The van der Waals surface area contributed by atoms with Crippen molar-refractivity contribution in [3.05, 3.63) is 24.3 Å². The summed E-state index contributed by atoms with van der Waals surface area (Å²) in [5.41, 5.74) is 0.367. The molecule has 106 valence electrons. The average molecular weight is 288 g/mol. The van der Waals surface area contributed by atoms with Gasteiger partial charge in [0.1, 0.15) is 5.75 Å². The van der Waals surface area contributed by atoms with E-state index in [0.717, 1.165) is 0 Å². The fourth-order valence-electron chi connectivity index (χ4n) is 1.19. The van der Waals surface area contributed by atoms with E-state index < -0.39 is 22.8 Å². The zero-order valence-corrected chi connectivity index (χ0v) is 11.2. The average Bonchev–Trinajstić information content (AvgIpc) is 2.35. The van der Waals surface area contributed by atoms with Gasteiger partial charge in [-0.25, -0.2) is 4.79 Å². The molecule has 1 aromatic carbocycles. The van der Waals surface area contributed by atoms with Crippen molar-refractivity contribution in [1.82, 2.24) is 4.72 Å². The number of hydrogen-bond donors (Lipinski definition) is 3. The molecule has 0 spiro atoms. The number of rotatable bonds is 8. The van der Waals surface area contributed by atoms with Crippen molar-refractivity contribution in [2.75, 3.05) is 17.9 Å². The predicted molar refractivity (Wildman–Crippen MR) is 70.4 cm³/mol. The van der Waals surface area contributed by atoms with Gasteiger partial charge in [0, 0.05) is 12.2 Å². The highest BCUT2D eigenvalue weighted by Crippen LogP contribution is 2.16. The standard InChI is InChI=1S/C11H16N2O5S/c1-2-7-12-19(16,17)13-9-3-5-10(6-4-9)18-8-11(14)15/h3-6,12-13H,2,7-8H2,1H3,(H,14,15). The van der Waals surface area contributed by atoms with Crippen LogP contribution < -0.4 is 14.2 Å². The van der Waals surface area contributed by atoms with Gasteiger partial charge in [0.25, 0.3) is 10.2 Å². The summed E-state index contributed by atoms with van der Waals surface area (Å²) >= 11 is 0. The second-order valence-electron chi connectivity index (χ2n) is 3.71. The van der Waals surface area contributed by atoms with E-state index in [1.54, 1.807) is 0 Å². The van der Waals surface area contributed by atoms with E-state index in [1.165, 1.54) is 24.3 Å². The molecule has 0 saturated carbocycles. The molecule has 0 amide bonds. The third-order valence-electron chi connectivity index (χ3n) is 2.01. The number of anilines is 1. The van der Waals surface area contributed by atoms with Gasteiger partial charge in [-0.2, -0.15) is 13.1 Å². The number of carboxylic acids is 1. The zero-order chi connectivity index (χ0) is 14.3. The first-order valence-corrected chi connectivity index (χ1v) is 7.13. The third kappa shape index (κ3) is 6.07. The van der Waals surface area contributed by atoms with Gasteiger partial charge >= 0.3 is 5.97 Å². The van der Waals surface area contributed by atoms with E-state index in [-0.39, 0.29) is 0 Å². The first-order valence-electron chi connectivity index (χ1n) is 5.65. The highest BCUT2D eigenvalue weighted by molar-refractivity contribution is 7.90. The Balaban J connectivity index is 2.59. The Kier molecular flexibility index (Phi) is 5.58. The van der Waals surface area contributed by atoms with E-state index in [9.17, 15) is 13.2 Å². The quantitative estimate of drug-likeness (QED) is 0.656. The van der Waals surface area contributed by atoms with Gasteiger partial charge in [-0.3, -0.25) is 4.72 Å². The topological polar surface area (TPSA) is 105 Å². The molecule has 0 aliphatic carbocycles. The first-order chi connectivity index (χ1) is 8.93. The van der Waals surface area contributed by atoms with Crippen LogP contribution in [0.3, 0.4) is 0 Å². The molecular formula is C11H16N2O5S. The summed E-state index contributed by atoms with van der Waals surface area (Å²) in [5.74, 6) is -0.722. The molecule has 3 N–H and O–H groups in total. The Hall–Kier alpha value is -1.80. The van der Waals surface area contributed by atoms with Crippen LogP contribution in [0.15, 0.2) is 24.3 Å². The Morgan fingerprint density at radius 2 is 1.95 bits per heavy atom. The Morgan fingerprint density at radius 3 is 2.47 bits per heavy atom. The number of hydrogen-bond acceptors (Lipinski definition) is 4. The number of aliphatic carboxylic acids is 1. The lowest BCUT2D eigenvalue weighted by Gasteiger charge is -2.09. The lowest BCUT2D eigenvalue weighted by Crippen LogP contribution is -2.30. The molecule has 0 atom stereocenters. The van der Waals surface area contributed by atoms with Crippen LogP contribution in [-0.4, -0.2) is 32.6 Å². The molecule has 0 radical (unpaired) electrons. The van der Waals surface area contributed by atoms with E-state index in [1.807, 2.05) is 6.92 Å². The van der Waals surface area contributed by atoms with Crippen molar-refractivity contribution in [1.29, 1.82) is 0 Å². The molecule has 0 fully saturated rings. The van der Waals surface area contributed by atoms with E-state index in [0.29, 0.717) is 24.4 Å². The molecule has 0 bridgehead atoms. The molecule has 8 heteroatoms. The second-order valence-corrected chi connectivity index (χ2v) is 5.21. The fourth-order valence-corrected chi connectivity index (χ4v) is 2.18. The lowest BCUT2D eigenvalue weighted by atomic mass is 10.3. The minimum absolute atomic E-state index is 0.354. The van der Waals surface area contributed by atoms with Gasteiger partial charge in [0.05, 0.1) is 0 Å². The molecular weight excluding hydrogens is 272 g/mol. The van der Waals surface area contributed by atoms with Crippen LogP contribution in [0.4, 0.5) is 5.69 Å². The van der Waals surface area contributed by atoms with Crippen molar-refractivity contribution in [3.63, 3.8) is 0 Å². The molecule has 0 heterocycles. The van der Waals surface area contributed by atoms with Crippen LogP contribution in [-0.2, 0) is 15.0 Å².